The molecule has 0 spiro atoms. The van der Waals surface area contributed by atoms with Crippen molar-refractivity contribution in [1.29, 1.82) is 0 Å². The van der Waals surface area contributed by atoms with E-state index in [1.165, 1.54) is 0 Å². The first-order chi connectivity index (χ1) is 10.7. The number of hydrogen-bond acceptors (Lipinski definition) is 1. The number of aromatic amines is 1. The summed E-state index contributed by atoms with van der Waals surface area (Å²) in [5.74, 6) is -0.0999. The minimum Gasteiger partial charge on any atom is -0.359 e. The van der Waals surface area contributed by atoms with Crippen molar-refractivity contribution in [3.63, 3.8) is 0 Å². The van der Waals surface area contributed by atoms with Crippen molar-refractivity contribution in [2.75, 3.05) is 5.32 Å². The van der Waals surface area contributed by atoms with Gasteiger partial charge in [-0.05, 0) is 18.2 Å². The van der Waals surface area contributed by atoms with Gasteiger partial charge in [-0.3, -0.25) is 4.79 Å². The summed E-state index contributed by atoms with van der Waals surface area (Å²) >= 11 is 0. The van der Waals surface area contributed by atoms with Crippen LogP contribution in [0.3, 0.4) is 0 Å². The summed E-state index contributed by atoms with van der Waals surface area (Å²) in [7, 11) is 1.95. The van der Waals surface area contributed by atoms with Gasteiger partial charge in [0.2, 0.25) is 0 Å². The van der Waals surface area contributed by atoms with Crippen LogP contribution in [0.4, 0.5) is 5.69 Å². The molecule has 4 rings (SSSR count). The van der Waals surface area contributed by atoms with Crippen LogP contribution in [-0.2, 0) is 7.05 Å². The number of nitrogens with one attached hydrogen (secondary N) is 2. The Labute approximate surface area is 127 Å². The molecule has 0 radical (unpaired) electrons. The van der Waals surface area contributed by atoms with Crippen molar-refractivity contribution in [2.24, 2.45) is 7.05 Å². The lowest BCUT2D eigenvalue weighted by Gasteiger charge is -2.07. The molecule has 22 heavy (non-hydrogen) atoms. The van der Waals surface area contributed by atoms with Gasteiger partial charge in [0, 0.05) is 35.7 Å². The van der Waals surface area contributed by atoms with Crippen molar-refractivity contribution < 1.29 is 4.79 Å². The topological polar surface area (TPSA) is 49.8 Å². The van der Waals surface area contributed by atoms with E-state index in [9.17, 15) is 4.79 Å². The quantitative estimate of drug-likeness (QED) is 0.577. The highest BCUT2D eigenvalue weighted by Crippen LogP contribution is 2.25. The summed E-state index contributed by atoms with van der Waals surface area (Å²) in [6, 6.07) is 15.7. The Bertz CT molecular complexity index is 994. The number of para-hydroxylation sites is 2. The highest BCUT2D eigenvalue weighted by atomic mass is 16.1. The molecule has 2 aromatic heterocycles. The smallest absolute Gasteiger partial charge is 0.257 e. The SMILES string of the molecule is Cn1ccc2cccc(C(=O)Nc3c[nH]c4ccccc34)c21. The fourth-order valence-electron chi connectivity index (χ4n) is 2.90. The number of rotatable bonds is 2. The third kappa shape index (κ3) is 1.89. The van der Waals surface area contributed by atoms with E-state index in [-0.39, 0.29) is 5.91 Å². The molecule has 0 unspecified atom stereocenters. The molecule has 0 saturated heterocycles. The standard InChI is InChI=1S/C18H15N3O/c1-21-10-9-12-5-4-7-14(17(12)21)18(22)20-16-11-19-15-8-3-2-6-13(15)16/h2-11,19H,1H3,(H,20,22). The van der Waals surface area contributed by atoms with Crippen LogP contribution in [0.15, 0.2) is 60.9 Å². The summed E-state index contributed by atoms with van der Waals surface area (Å²) in [5, 5.41) is 5.08. The number of benzene rings is 2. The van der Waals surface area contributed by atoms with Crippen LogP contribution in [0.5, 0.6) is 0 Å². The van der Waals surface area contributed by atoms with Crippen LogP contribution in [0, 0.1) is 0 Å². The molecule has 0 aliphatic rings. The van der Waals surface area contributed by atoms with E-state index < -0.39 is 0 Å². The number of H-pyrrole nitrogens is 1. The molecule has 0 aliphatic heterocycles. The van der Waals surface area contributed by atoms with Crippen molar-refractivity contribution in [1.82, 2.24) is 9.55 Å². The van der Waals surface area contributed by atoms with Gasteiger partial charge in [-0.25, -0.2) is 0 Å². The number of fused-ring (bicyclic) bond motifs is 2. The van der Waals surface area contributed by atoms with Crippen molar-refractivity contribution in [3.05, 3.63) is 66.5 Å². The number of nitrogens with zero attached hydrogens (tertiary/aromatic N) is 1. The van der Waals surface area contributed by atoms with Gasteiger partial charge in [0.1, 0.15) is 0 Å². The minimum atomic E-state index is -0.0999. The molecule has 108 valence electrons. The summed E-state index contributed by atoms with van der Waals surface area (Å²) < 4.78 is 1.97. The second-order valence-electron chi connectivity index (χ2n) is 5.37. The molecule has 0 aliphatic carbocycles. The van der Waals surface area contributed by atoms with E-state index in [4.69, 9.17) is 0 Å². The molecule has 2 aromatic carbocycles. The summed E-state index contributed by atoms with van der Waals surface area (Å²) in [6.07, 6.45) is 3.79. The van der Waals surface area contributed by atoms with E-state index in [1.807, 2.05) is 72.5 Å². The lowest BCUT2D eigenvalue weighted by molar-refractivity contribution is 0.102. The maximum atomic E-state index is 12.7. The van der Waals surface area contributed by atoms with Crippen LogP contribution in [-0.4, -0.2) is 15.5 Å². The third-order valence-electron chi connectivity index (χ3n) is 3.98. The number of amides is 1. The Balaban J connectivity index is 1.76. The Hall–Kier alpha value is -3.01. The zero-order valence-electron chi connectivity index (χ0n) is 12.1. The fourth-order valence-corrected chi connectivity index (χ4v) is 2.90. The second kappa shape index (κ2) is 4.77. The molecular formula is C18H15N3O. The number of carbonyl (C=O) groups is 1. The van der Waals surface area contributed by atoms with Crippen LogP contribution in [0.2, 0.25) is 0 Å². The predicted molar refractivity (Wildman–Crippen MR) is 89.2 cm³/mol. The van der Waals surface area contributed by atoms with E-state index >= 15 is 0 Å². The Morgan fingerprint density at radius 2 is 1.95 bits per heavy atom. The van der Waals surface area contributed by atoms with E-state index in [0.717, 1.165) is 27.5 Å². The van der Waals surface area contributed by atoms with Gasteiger partial charge < -0.3 is 14.9 Å². The fraction of sp³-hybridized carbons (Fsp3) is 0.0556. The zero-order valence-corrected chi connectivity index (χ0v) is 12.1. The third-order valence-corrected chi connectivity index (χ3v) is 3.98. The highest BCUT2D eigenvalue weighted by Gasteiger charge is 2.14. The second-order valence-corrected chi connectivity index (χ2v) is 5.37. The molecule has 0 saturated carbocycles. The van der Waals surface area contributed by atoms with Crippen LogP contribution in [0.25, 0.3) is 21.8 Å². The number of carbonyl (C=O) groups excluding carboxylic acids is 1. The van der Waals surface area contributed by atoms with Crippen molar-refractivity contribution in [2.45, 2.75) is 0 Å². The molecular weight excluding hydrogens is 274 g/mol. The van der Waals surface area contributed by atoms with Crippen LogP contribution in [0.1, 0.15) is 10.4 Å². The van der Waals surface area contributed by atoms with Gasteiger partial charge in [-0.15, -0.1) is 0 Å². The molecule has 4 heteroatoms. The number of aromatic nitrogens is 2. The Morgan fingerprint density at radius 1 is 1.09 bits per heavy atom. The van der Waals surface area contributed by atoms with Gasteiger partial charge in [0.25, 0.3) is 5.91 Å². The average molecular weight is 289 g/mol. The van der Waals surface area contributed by atoms with Crippen LogP contribution >= 0.6 is 0 Å². The molecule has 2 N–H and O–H groups in total. The van der Waals surface area contributed by atoms with E-state index in [2.05, 4.69) is 10.3 Å². The molecule has 0 bridgehead atoms. The van der Waals surface area contributed by atoms with E-state index in [1.54, 1.807) is 0 Å². The van der Waals surface area contributed by atoms with Crippen LogP contribution < -0.4 is 5.32 Å². The maximum Gasteiger partial charge on any atom is 0.257 e. The predicted octanol–water partition coefficient (Wildman–Crippen LogP) is 3.91. The molecule has 2 heterocycles. The number of hydrogen-bond donors (Lipinski definition) is 2. The van der Waals surface area contributed by atoms with Gasteiger partial charge in [0.05, 0.1) is 16.8 Å². The summed E-state index contributed by atoms with van der Waals surface area (Å²) in [4.78, 5) is 15.9. The molecule has 0 atom stereocenters. The lowest BCUT2D eigenvalue weighted by Crippen LogP contribution is -2.13. The first kappa shape index (κ1) is 12.7. The van der Waals surface area contributed by atoms with Crippen molar-refractivity contribution in [3.8, 4) is 0 Å². The largest absolute Gasteiger partial charge is 0.359 e. The van der Waals surface area contributed by atoms with Crippen molar-refractivity contribution >= 4 is 33.4 Å². The van der Waals surface area contributed by atoms with Gasteiger partial charge in [0.15, 0.2) is 0 Å². The number of aryl methyl sites for hydroxylation is 1. The maximum absolute atomic E-state index is 12.7. The minimum absolute atomic E-state index is 0.0999. The van der Waals surface area contributed by atoms with E-state index in [0.29, 0.717) is 5.56 Å². The van der Waals surface area contributed by atoms with Gasteiger partial charge >= 0.3 is 0 Å². The number of anilines is 1. The Kier molecular flexibility index (Phi) is 2.76. The molecule has 0 fully saturated rings. The monoisotopic (exact) mass is 289 g/mol. The molecule has 4 nitrogen and oxygen atoms in total. The first-order valence-corrected chi connectivity index (χ1v) is 7.15. The first-order valence-electron chi connectivity index (χ1n) is 7.15. The highest BCUT2D eigenvalue weighted by molar-refractivity contribution is 6.14. The Morgan fingerprint density at radius 3 is 2.86 bits per heavy atom. The van der Waals surface area contributed by atoms with Gasteiger partial charge in [-0.2, -0.15) is 0 Å². The zero-order chi connectivity index (χ0) is 15.1. The average Bonchev–Trinajstić information content (AvgIpc) is 3.12. The molecule has 1 amide bonds. The molecule has 4 aromatic rings. The summed E-state index contributed by atoms with van der Waals surface area (Å²) in [5.41, 5.74) is 3.43. The lowest BCUT2D eigenvalue weighted by atomic mass is 10.1. The van der Waals surface area contributed by atoms with Gasteiger partial charge in [-0.1, -0.05) is 30.3 Å². The summed E-state index contributed by atoms with van der Waals surface area (Å²) in [6.45, 7) is 0. The normalized spacial score (nSPS) is 11.1.